The molecule has 0 unspecified atom stereocenters. The average molecular weight is 544 g/mol. The molecule has 1 aromatic rings. The van der Waals surface area contributed by atoms with E-state index in [1.807, 2.05) is 0 Å². The Hall–Kier alpha value is 0.0895. The van der Waals surface area contributed by atoms with Gasteiger partial charge in [0.1, 0.15) is 0 Å². The molecule has 2 heterocycles. The molecule has 8 heteroatoms. The van der Waals surface area contributed by atoms with E-state index in [9.17, 15) is 0 Å². The van der Waals surface area contributed by atoms with Gasteiger partial charge in [-0.2, -0.15) is 0 Å². The molecule has 4 rings (SSSR count). The van der Waals surface area contributed by atoms with Crippen molar-refractivity contribution in [3.63, 3.8) is 0 Å². The van der Waals surface area contributed by atoms with E-state index in [2.05, 4.69) is 53.3 Å². The first-order valence-corrected chi connectivity index (χ1v) is 15.2. The fourth-order valence-electron chi connectivity index (χ4n) is 5.43. The Morgan fingerprint density at radius 3 is 1.48 bits per heavy atom. The zero-order chi connectivity index (χ0) is 22.1. The molecule has 193 valence electrons. The molecule has 33 heavy (non-hydrogen) atoms. The third-order valence-electron chi connectivity index (χ3n) is 7.08. The molecule has 0 amide bonds. The van der Waals surface area contributed by atoms with Crippen molar-refractivity contribution >= 4 is 20.2 Å². The Balaban J connectivity index is 0.00000103. The Kier molecular flexibility index (Phi) is 15.8. The van der Waals surface area contributed by atoms with Crippen LogP contribution in [0.2, 0.25) is 0 Å². The fourth-order valence-corrected chi connectivity index (χ4v) is 5.43. The van der Waals surface area contributed by atoms with Gasteiger partial charge in [0.15, 0.2) is 0 Å². The normalized spacial score (nSPS) is 32.6. The molecule has 5 nitrogen and oxygen atoms in total. The maximum atomic E-state index is 5.06. The van der Waals surface area contributed by atoms with Gasteiger partial charge in [0.25, 0.3) is 0 Å². The third kappa shape index (κ3) is 9.57. The maximum absolute atomic E-state index is 5.06. The van der Waals surface area contributed by atoms with E-state index < -0.39 is 0 Å². The van der Waals surface area contributed by atoms with Crippen LogP contribution in [-0.4, -0.2) is 42.2 Å². The van der Waals surface area contributed by atoms with Gasteiger partial charge in [-0.05, 0) is 51.7 Å². The summed E-state index contributed by atoms with van der Waals surface area (Å²) in [5.41, 5.74) is 2.34. The van der Waals surface area contributed by atoms with Crippen LogP contribution in [0.15, 0.2) is 18.2 Å². The van der Waals surface area contributed by atoms with E-state index in [0.29, 0.717) is 24.2 Å². The first kappa shape index (κ1) is 31.1. The molecule has 0 radical (unpaired) electrons. The minimum atomic E-state index is 0. The SMILES string of the molecule is C.C.C[C@@H]1N[C@@H]2CCCC[C@H]2NCCN[C@@H]2CCCC[C@H]2N[C@@H](C)c2cccc1n2.[Cl][Mn][Cl]. The van der Waals surface area contributed by atoms with Gasteiger partial charge in [-0.25, -0.2) is 0 Å². The Morgan fingerprint density at radius 2 is 1.09 bits per heavy atom. The second kappa shape index (κ2) is 16.7. The number of nitrogens with one attached hydrogen (secondary N) is 4. The monoisotopic (exact) mass is 542 g/mol. The van der Waals surface area contributed by atoms with Crippen molar-refractivity contribution < 1.29 is 13.1 Å². The van der Waals surface area contributed by atoms with Gasteiger partial charge >= 0.3 is 33.3 Å². The molecule has 1 aromatic heterocycles. The number of fused-ring (bicyclic) bond motifs is 4. The van der Waals surface area contributed by atoms with Crippen LogP contribution in [0.3, 0.4) is 0 Å². The molecule has 0 saturated heterocycles. The van der Waals surface area contributed by atoms with Crippen molar-refractivity contribution in [1.82, 2.24) is 26.3 Å². The van der Waals surface area contributed by atoms with E-state index in [-0.39, 0.29) is 40.1 Å². The van der Waals surface area contributed by atoms with Gasteiger partial charge in [0.2, 0.25) is 0 Å². The molecule has 2 bridgehead atoms. The summed E-state index contributed by atoms with van der Waals surface area (Å²) >= 11 is 0.00694. The topological polar surface area (TPSA) is 61.0 Å². The van der Waals surface area contributed by atoms with Crippen molar-refractivity contribution in [2.75, 3.05) is 13.1 Å². The first-order chi connectivity index (χ1) is 15.1. The van der Waals surface area contributed by atoms with Crippen LogP contribution in [0.25, 0.3) is 0 Å². The number of aromatic nitrogens is 1. The number of nitrogens with zero attached hydrogens (tertiary/aromatic N) is 1. The number of pyridine rings is 1. The molecular weight excluding hydrogens is 496 g/mol. The Morgan fingerprint density at radius 1 is 0.727 bits per heavy atom. The van der Waals surface area contributed by atoms with Crippen LogP contribution in [0.1, 0.15) is 104 Å². The van der Waals surface area contributed by atoms with Gasteiger partial charge < -0.3 is 21.3 Å². The van der Waals surface area contributed by atoms with Crippen molar-refractivity contribution in [1.29, 1.82) is 0 Å². The number of hydrogen-bond acceptors (Lipinski definition) is 5. The van der Waals surface area contributed by atoms with Crippen LogP contribution in [0, 0.1) is 0 Å². The summed E-state index contributed by atoms with van der Waals surface area (Å²) in [4.78, 5) is 5.06. The summed E-state index contributed by atoms with van der Waals surface area (Å²) < 4.78 is 0. The number of halogens is 2. The molecule has 3 aliphatic rings. The predicted molar refractivity (Wildman–Crippen MR) is 141 cm³/mol. The quantitative estimate of drug-likeness (QED) is 0.310. The van der Waals surface area contributed by atoms with E-state index in [1.54, 1.807) is 0 Å². The second-order valence-electron chi connectivity index (χ2n) is 9.22. The van der Waals surface area contributed by atoms with Crippen molar-refractivity contribution in [3.05, 3.63) is 29.6 Å². The second-order valence-corrected chi connectivity index (χ2v) is 11.2. The fraction of sp³-hybridized carbons (Fsp3) is 0.800. The molecule has 2 saturated carbocycles. The zero-order valence-electron chi connectivity index (χ0n) is 18.8. The van der Waals surface area contributed by atoms with Gasteiger partial charge in [0, 0.05) is 49.3 Å². The molecule has 4 N–H and O–H groups in total. The molecular formula is C25H47Cl2MnN5. The van der Waals surface area contributed by atoms with E-state index in [4.69, 9.17) is 25.2 Å². The van der Waals surface area contributed by atoms with E-state index in [0.717, 1.165) is 13.1 Å². The zero-order valence-corrected chi connectivity index (χ0v) is 21.5. The van der Waals surface area contributed by atoms with Gasteiger partial charge in [-0.1, -0.05) is 46.6 Å². The third-order valence-corrected chi connectivity index (χ3v) is 7.08. The van der Waals surface area contributed by atoms with E-state index >= 15 is 0 Å². The molecule has 0 spiro atoms. The van der Waals surface area contributed by atoms with Gasteiger partial charge in [-0.15, -0.1) is 0 Å². The number of hydrogen-bond donors (Lipinski definition) is 4. The van der Waals surface area contributed by atoms with Crippen LogP contribution in [-0.2, 0) is 13.1 Å². The summed E-state index contributed by atoms with van der Waals surface area (Å²) in [7, 11) is 9.59. The first-order valence-electron chi connectivity index (χ1n) is 11.9. The molecule has 0 aromatic carbocycles. The summed E-state index contributed by atoms with van der Waals surface area (Å²) in [6.07, 6.45) is 10.4. The van der Waals surface area contributed by atoms with Crippen molar-refractivity contribution in [3.8, 4) is 0 Å². The standard InChI is InChI=1S/C23H39N5.2CH4.2ClH.Mn/c1-16-18-12-7-13-19(28-18)17(2)27-23-11-6-4-9-21(23)25-15-14-24-20-8-3-5-10-22(20)26-16;;;;;/h7,12-13,16-17,20-27H,3-6,8-11,14-15H2,1-2H3;2*1H4;2*1H;/q;;;;;+2/p-2/t16-,17-,20+,21+,22+,23+;;;;;/m0...../s1. The van der Waals surface area contributed by atoms with Crippen LogP contribution in [0.4, 0.5) is 0 Å². The van der Waals surface area contributed by atoms with Crippen LogP contribution < -0.4 is 21.3 Å². The summed E-state index contributed by atoms with van der Waals surface area (Å²) in [5.74, 6) is 0. The molecule has 2 fully saturated rings. The van der Waals surface area contributed by atoms with Crippen molar-refractivity contribution in [2.24, 2.45) is 0 Å². The predicted octanol–water partition coefficient (Wildman–Crippen LogP) is 5.85. The summed E-state index contributed by atoms with van der Waals surface area (Å²) in [5, 5.41) is 15.5. The minimum absolute atomic E-state index is 0. The molecule has 6 atom stereocenters. The van der Waals surface area contributed by atoms with E-state index in [1.165, 1.54) is 62.8 Å². The Bertz CT molecular complexity index is 604. The average Bonchev–Trinajstić information content (AvgIpc) is 2.79. The van der Waals surface area contributed by atoms with Gasteiger partial charge in [-0.3, -0.25) is 4.98 Å². The molecule has 2 aliphatic carbocycles. The summed E-state index contributed by atoms with van der Waals surface area (Å²) in [6.45, 7) is 6.66. The Labute approximate surface area is 217 Å². The number of rotatable bonds is 0. The van der Waals surface area contributed by atoms with Gasteiger partial charge in [0.05, 0.1) is 11.4 Å². The van der Waals surface area contributed by atoms with Crippen LogP contribution >= 0.6 is 20.2 Å². The van der Waals surface area contributed by atoms with Crippen LogP contribution in [0.5, 0.6) is 0 Å². The summed E-state index contributed by atoms with van der Waals surface area (Å²) in [6, 6.07) is 9.34. The van der Waals surface area contributed by atoms with Crippen molar-refractivity contribution in [2.45, 2.75) is 116 Å². The molecule has 1 aliphatic heterocycles.